The molecule has 0 saturated carbocycles. The second kappa shape index (κ2) is 6.86. The maximum atomic E-state index is 12.3. The highest BCUT2D eigenvalue weighted by Gasteiger charge is 2.42. The molecule has 0 bridgehead atoms. The van der Waals surface area contributed by atoms with Crippen LogP contribution in [0.2, 0.25) is 0 Å². The first-order valence-electron chi connectivity index (χ1n) is 9.16. The maximum absolute atomic E-state index is 12.3. The molecule has 2 heterocycles. The average molecular weight is 388 g/mol. The van der Waals surface area contributed by atoms with Crippen LogP contribution in [0.3, 0.4) is 0 Å². The largest absolute Gasteiger partial charge is 0.487 e. The van der Waals surface area contributed by atoms with Crippen LogP contribution in [0.25, 0.3) is 0 Å². The van der Waals surface area contributed by atoms with Gasteiger partial charge in [-0.15, -0.1) is 0 Å². The molecule has 3 rings (SSSR count). The number of anilines is 1. The van der Waals surface area contributed by atoms with Gasteiger partial charge in [0, 0.05) is 19.2 Å². The van der Waals surface area contributed by atoms with Crippen LogP contribution in [-0.2, 0) is 4.74 Å². The predicted octanol–water partition coefficient (Wildman–Crippen LogP) is 3.35. The van der Waals surface area contributed by atoms with Gasteiger partial charge in [0.15, 0.2) is 11.3 Å². The van der Waals surface area contributed by atoms with Crippen molar-refractivity contribution in [3.8, 4) is 11.8 Å². The van der Waals surface area contributed by atoms with Gasteiger partial charge in [0.05, 0.1) is 16.1 Å². The SMILES string of the molecule is Cc1cc([N+](=O)[O-])c(C#N)c2c1NC1(CCN(C(=O)OC(C)(C)C)CC1)CO2. The molecule has 2 aliphatic heterocycles. The molecule has 0 unspecified atom stereocenters. The molecular formula is C19H24N4O5. The van der Waals surface area contributed by atoms with Gasteiger partial charge in [-0.25, -0.2) is 4.79 Å². The van der Waals surface area contributed by atoms with Crippen LogP contribution in [0, 0.1) is 28.4 Å². The lowest BCUT2D eigenvalue weighted by Crippen LogP contribution is -2.56. The highest BCUT2D eigenvalue weighted by molar-refractivity contribution is 5.75. The minimum absolute atomic E-state index is 0.0702. The molecule has 1 spiro atoms. The molecule has 0 aromatic heterocycles. The number of fused-ring (bicyclic) bond motifs is 1. The zero-order valence-electron chi connectivity index (χ0n) is 16.5. The summed E-state index contributed by atoms with van der Waals surface area (Å²) in [5, 5.41) is 24.1. The first-order valence-corrected chi connectivity index (χ1v) is 9.16. The lowest BCUT2D eigenvalue weighted by atomic mass is 9.86. The van der Waals surface area contributed by atoms with E-state index in [4.69, 9.17) is 9.47 Å². The van der Waals surface area contributed by atoms with Crippen molar-refractivity contribution < 1.29 is 19.2 Å². The number of hydrogen-bond donors (Lipinski definition) is 1. The summed E-state index contributed by atoms with van der Waals surface area (Å²) in [6.07, 6.45) is 0.951. The number of aryl methyl sites for hydroxylation is 1. The monoisotopic (exact) mass is 388 g/mol. The van der Waals surface area contributed by atoms with Crippen molar-refractivity contribution in [3.63, 3.8) is 0 Å². The fourth-order valence-electron chi connectivity index (χ4n) is 3.55. The summed E-state index contributed by atoms with van der Waals surface area (Å²) in [6, 6.07) is 3.28. The lowest BCUT2D eigenvalue weighted by molar-refractivity contribution is -0.385. The first-order chi connectivity index (χ1) is 13.1. The van der Waals surface area contributed by atoms with Gasteiger partial charge in [-0.3, -0.25) is 10.1 Å². The molecule has 2 aliphatic rings. The van der Waals surface area contributed by atoms with E-state index in [1.54, 1.807) is 11.8 Å². The van der Waals surface area contributed by atoms with Crippen LogP contribution in [0.1, 0.15) is 44.7 Å². The minimum atomic E-state index is -0.571. The second-order valence-electron chi connectivity index (χ2n) is 8.32. The fourth-order valence-corrected chi connectivity index (χ4v) is 3.55. The van der Waals surface area contributed by atoms with Crippen molar-refractivity contribution >= 4 is 17.5 Å². The minimum Gasteiger partial charge on any atom is -0.487 e. The molecule has 1 amide bonds. The number of nitro groups is 1. The number of carbonyl (C=O) groups is 1. The van der Waals surface area contributed by atoms with Gasteiger partial charge in [0.2, 0.25) is 0 Å². The molecule has 0 aliphatic carbocycles. The van der Waals surface area contributed by atoms with Crippen LogP contribution in [0.5, 0.6) is 5.75 Å². The van der Waals surface area contributed by atoms with Crippen LogP contribution < -0.4 is 10.1 Å². The number of nitrogens with one attached hydrogen (secondary N) is 1. The standard InChI is InChI=1S/C19H24N4O5/c1-12-9-14(23(25)26)13(10-20)16-15(12)21-19(11-27-16)5-7-22(8-6-19)17(24)28-18(2,3)4/h9,21H,5-8,11H2,1-4H3. The molecule has 1 aromatic carbocycles. The van der Waals surface area contributed by atoms with E-state index in [0.29, 0.717) is 37.2 Å². The van der Waals surface area contributed by atoms with Gasteiger partial charge in [0.1, 0.15) is 18.3 Å². The first kappa shape index (κ1) is 19.7. The number of nitro benzene ring substituents is 1. The van der Waals surface area contributed by atoms with E-state index in [2.05, 4.69) is 5.32 Å². The number of rotatable bonds is 1. The van der Waals surface area contributed by atoms with Crippen molar-refractivity contribution in [2.75, 3.05) is 25.0 Å². The van der Waals surface area contributed by atoms with Crippen molar-refractivity contribution in [3.05, 3.63) is 27.3 Å². The molecular weight excluding hydrogens is 364 g/mol. The molecule has 0 radical (unpaired) electrons. The van der Waals surface area contributed by atoms with E-state index in [1.165, 1.54) is 6.07 Å². The normalized spacial score (nSPS) is 17.8. The summed E-state index contributed by atoms with van der Waals surface area (Å²) in [7, 11) is 0. The van der Waals surface area contributed by atoms with Gasteiger partial charge >= 0.3 is 6.09 Å². The number of likely N-dealkylation sites (tertiary alicyclic amines) is 1. The number of piperidine rings is 1. The van der Waals surface area contributed by atoms with E-state index >= 15 is 0 Å². The van der Waals surface area contributed by atoms with Gasteiger partial charge < -0.3 is 19.7 Å². The lowest BCUT2D eigenvalue weighted by Gasteiger charge is -2.45. The summed E-state index contributed by atoms with van der Waals surface area (Å²) in [5.74, 6) is 0.231. The molecule has 9 nitrogen and oxygen atoms in total. The van der Waals surface area contributed by atoms with Crippen molar-refractivity contribution in [1.82, 2.24) is 4.90 Å². The number of hydrogen-bond acceptors (Lipinski definition) is 7. The molecule has 1 fully saturated rings. The Kier molecular flexibility index (Phi) is 4.83. The third-order valence-corrected chi connectivity index (χ3v) is 5.02. The number of nitriles is 1. The van der Waals surface area contributed by atoms with Gasteiger partial charge in [-0.1, -0.05) is 0 Å². The fraction of sp³-hybridized carbons (Fsp3) is 0.579. The number of carbonyl (C=O) groups excluding carboxylic acids is 1. The number of nitrogens with zero attached hydrogens (tertiary/aromatic N) is 3. The van der Waals surface area contributed by atoms with Crippen molar-refractivity contribution in [1.29, 1.82) is 5.26 Å². The Morgan fingerprint density at radius 2 is 2.07 bits per heavy atom. The molecule has 9 heteroatoms. The molecule has 1 N–H and O–H groups in total. The molecule has 1 aromatic rings. The molecule has 28 heavy (non-hydrogen) atoms. The van der Waals surface area contributed by atoms with E-state index < -0.39 is 10.5 Å². The van der Waals surface area contributed by atoms with Crippen molar-refractivity contribution in [2.45, 2.75) is 51.7 Å². The van der Waals surface area contributed by atoms with Gasteiger partial charge in [0.25, 0.3) is 5.69 Å². The Hall–Kier alpha value is -3.02. The third kappa shape index (κ3) is 3.67. The zero-order valence-corrected chi connectivity index (χ0v) is 16.5. The van der Waals surface area contributed by atoms with Crippen LogP contribution in [0.15, 0.2) is 6.07 Å². The van der Waals surface area contributed by atoms with Gasteiger partial charge in [-0.2, -0.15) is 5.26 Å². The zero-order chi connectivity index (χ0) is 20.7. The summed E-state index contributed by atoms with van der Waals surface area (Å²) in [6.45, 7) is 8.54. The predicted molar refractivity (Wildman–Crippen MR) is 101 cm³/mol. The highest BCUT2D eigenvalue weighted by atomic mass is 16.6. The number of ether oxygens (including phenoxy) is 2. The van der Waals surface area contributed by atoms with Gasteiger partial charge in [-0.05, 0) is 46.1 Å². The quantitative estimate of drug-likeness (QED) is 0.579. The van der Waals surface area contributed by atoms with Crippen molar-refractivity contribution in [2.24, 2.45) is 0 Å². The van der Waals surface area contributed by atoms with E-state index in [9.17, 15) is 20.2 Å². The van der Waals surface area contributed by atoms with Crippen LogP contribution in [0.4, 0.5) is 16.2 Å². The smallest absolute Gasteiger partial charge is 0.410 e. The summed E-state index contributed by atoms with van der Waals surface area (Å²) < 4.78 is 11.3. The highest BCUT2D eigenvalue weighted by Crippen LogP contribution is 2.44. The summed E-state index contributed by atoms with van der Waals surface area (Å²) >= 11 is 0. The Morgan fingerprint density at radius 1 is 1.43 bits per heavy atom. The Labute approximate surface area is 163 Å². The number of amides is 1. The van der Waals surface area contributed by atoms with Crippen LogP contribution in [-0.4, -0.2) is 46.8 Å². The molecule has 1 saturated heterocycles. The molecule has 150 valence electrons. The Bertz CT molecular complexity index is 861. The number of benzene rings is 1. The third-order valence-electron chi connectivity index (χ3n) is 5.02. The average Bonchev–Trinajstić information content (AvgIpc) is 2.61. The maximum Gasteiger partial charge on any atom is 0.410 e. The van der Waals surface area contributed by atoms with E-state index in [0.717, 1.165) is 0 Å². The summed E-state index contributed by atoms with van der Waals surface area (Å²) in [5.41, 5.74) is -0.000389. The second-order valence-corrected chi connectivity index (χ2v) is 8.32. The topological polar surface area (TPSA) is 118 Å². The van der Waals surface area contributed by atoms with E-state index in [-0.39, 0.29) is 35.2 Å². The molecule has 0 atom stereocenters. The summed E-state index contributed by atoms with van der Waals surface area (Å²) in [4.78, 5) is 24.6. The van der Waals surface area contributed by atoms with E-state index in [1.807, 2.05) is 26.8 Å². The van der Waals surface area contributed by atoms with Crippen LogP contribution >= 0.6 is 0 Å². The Morgan fingerprint density at radius 3 is 2.61 bits per heavy atom. The Balaban J connectivity index is 1.79.